The van der Waals surface area contributed by atoms with Crippen molar-refractivity contribution in [2.24, 2.45) is 5.14 Å². The van der Waals surface area contributed by atoms with Gasteiger partial charge in [-0.2, -0.15) is 0 Å². The van der Waals surface area contributed by atoms with Crippen molar-refractivity contribution in [1.29, 1.82) is 0 Å². The van der Waals surface area contributed by atoms with Crippen LogP contribution < -0.4 is 9.88 Å². The van der Waals surface area contributed by atoms with Crippen LogP contribution in [-0.4, -0.2) is 18.4 Å². The fourth-order valence-corrected chi connectivity index (χ4v) is 1.82. The number of rotatable bonds is 3. The lowest BCUT2D eigenvalue weighted by Gasteiger charge is -2.05. The van der Waals surface area contributed by atoms with Crippen LogP contribution in [0, 0.1) is 6.92 Å². The third-order valence-electron chi connectivity index (χ3n) is 2.11. The number of aryl methyl sites for hydroxylation is 1. The molecule has 0 aliphatic heterocycles. The fourth-order valence-electron chi connectivity index (χ4n) is 1.31. The highest BCUT2D eigenvalue weighted by molar-refractivity contribution is 7.89. The first-order valence-corrected chi connectivity index (χ1v) is 6.59. The fraction of sp³-hybridized carbons (Fsp3) is 0.0909. The summed E-state index contributed by atoms with van der Waals surface area (Å²) in [6.45, 7) is 1.80. The van der Waals surface area contributed by atoms with Crippen LogP contribution >= 0.6 is 0 Å². The lowest BCUT2D eigenvalue weighted by Crippen LogP contribution is -2.11. The summed E-state index contributed by atoms with van der Waals surface area (Å²) in [6.07, 6.45) is 3.08. The number of hydrogen-bond acceptors (Lipinski definition) is 5. The monoisotopic (exact) mass is 265 g/mol. The average Bonchev–Trinajstić information content (AvgIpc) is 2.28. The molecule has 0 bridgehead atoms. The summed E-state index contributed by atoms with van der Waals surface area (Å²) in [7, 11) is -3.68. The van der Waals surface area contributed by atoms with E-state index in [1.165, 1.54) is 30.5 Å². The van der Waals surface area contributed by atoms with Gasteiger partial charge in [0.25, 0.3) is 0 Å². The van der Waals surface area contributed by atoms with Gasteiger partial charge < -0.3 is 4.74 Å². The van der Waals surface area contributed by atoms with E-state index in [1.807, 2.05) is 0 Å². The molecule has 1 aromatic heterocycles. The van der Waals surface area contributed by atoms with Crippen LogP contribution in [0.5, 0.6) is 11.6 Å². The smallest absolute Gasteiger partial charge is 0.238 e. The highest BCUT2D eigenvalue weighted by atomic mass is 32.2. The molecule has 7 heteroatoms. The summed E-state index contributed by atoms with van der Waals surface area (Å²) in [5, 5.41) is 4.99. The SMILES string of the molecule is Cc1cncc(Oc2ccc(S(N)(=O)=O)cc2)n1. The van der Waals surface area contributed by atoms with E-state index in [0.717, 1.165) is 5.69 Å². The van der Waals surface area contributed by atoms with E-state index in [0.29, 0.717) is 11.6 Å². The Balaban J connectivity index is 2.21. The first-order chi connectivity index (χ1) is 8.45. The second-order valence-electron chi connectivity index (χ2n) is 3.62. The average molecular weight is 265 g/mol. The second kappa shape index (κ2) is 4.71. The molecule has 0 aliphatic rings. The third-order valence-corrected chi connectivity index (χ3v) is 3.04. The maximum absolute atomic E-state index is 11.1. The van der Waals surface area contributed by atoms with Crippen LogP contribution in [0.3, 0.4) is 0 Å². The second-order valence-corrected chi connectivity index (χ2v) is 5.18. The molecule has 6 nitrogen and oxygen atoms in total. The van der Waals surface area contributed by atoms with E-state index >= 15 is 0 Å². The van der Waals surface area contributed by atoms with Crippen molar-refractivity contribution in [2.75, 3.05) is 0 Å². The number of ether oxygens (including phenoxy) is 1. The van der Waals surface area contributed by atoms with Gasteiger partial charge in [-0.15, -0.1) is 0 Å². The molecule has 18 heavy (non-hydrogen) atoms. The van der Waals surface area contributed by atoms with E-state index < -0.39 is 10.0 Å². The predicted octanol–water partition coefficient (Wildman–Crippen LogP) is 1.22. The molecule has 0 unspecified atom stereocenters. The van der Waals surface area contributed by atoms with Crippen LogP contribution in [0.25, 0.3) is 0 Å². The van der Waals surface area contributed by atoms with Gasteiger partial charge in [0.2, 0.25) is 15.9 Å². The molecule has 0 aliphatic carbocycles. The maximum atomic E-state index is 11.1. The Morgan fingerprint density at radius 1 is 1.17 bits per heavy atom. The van der Waals surface area contributed by atoms with Gasteiger partial charge in [-0.05, 0) is 31.2 Å². The van der Waals surface area contributed by atoms with Gasteiger partial charge in [0.15, 0.2) is 0 Å². The van der Waals surface area contributed by atoms with E-state index in [2.05, 4.69) is 9.97 Å². The van der Waals surface area contributed by atoms with Crippen LogP contribution in [-0.2, 0) is 10.0 Å². The van der Waals surface area contributed by atoms with Crippen molar-refractivity contribution in [2.45, 2.75) is 11.8 Å². The van der Waals surface area contributed by atoms with Gasteiger partial charge in [0.1, 0.15) is 5.75 Å². The number of nitrogens with zero attached hydrogens (tertiary/aromatic N) is 2. The Labute approximate surface area is 105 Å². The minimum atomic E-state index is -3.68. The lowest BCUT2D eigenvalue weighted by atomic mass is 10.3. The number of nitrogens with two attached hydrogens (primary N) is 1. The Morgan fingerprint density at radius 3 is 2.39 bits per heavy atom. The number of aromatic nitrogens is 2. The summed E-state index contributed by atoms with van der Waals surface area (Å²) in [4.78, 5) is 8.08. The molecule has 0 atom stereocenters. The van der Waals surface area contributed by atoms with Crippen molar-refractivity contribution >= 4 is 10.0 Å². The Bertz CT molecular complexity index is 653. The van der Waals surface area contributed by atoms with Gasteiger partial charge >= 0.3 is 0 Å². The van der Waals surface area contributed by atoms with Crippen LogP contribution in [0.1, 0.15) is 5.69 Å². The minimum Gasteiger partial charge on any atom is -0.437 e. The topological polar surface area (TPSA) is 95.2 Å². The zero-order valence-electron chi connectivity index (χ0n) is 9.57. The molecule has 0 saturated carbocycles. The summed E-state index contributed by atoms with van der Waals surface area (Å²) in [5.41, 5.74) is 0.730. The molecule has 1 heterocycles. The van der Waals surface area contributed by atoms with Crippen molar-refractivity contribution in [3.8, 4) is 11.6 Å². The van der Waals surface area contributed by atoms with Gasteiger partial charge in [-0.3, -0.25) is 4.98 Å². The van der Waals surface area contributed by atoms with E-state index in [9.17, 15) is 8.42 Å². The molecule has 94 valence electrons. The summed E-state index contributed by atoms with van der Waals surface area (Å²) >= 11 is 0. The molecule has 0 amide bonds. The Hall–Kier alpha value is -1.99. The van der Waals surface area contributed by atoms with Crippen LogP contribution in [0.2, 0.25) is 0 Å². The molecule has 1 aromatic carbocycles. The quantitative estimate of drug-likeness (QED) is 0.900. The maximum Gasteiger partial charge on any atom is 0.238 e. The molecule has 0 radical (unpaired) electrons. The summed E-state index contributed by atoms with van der Waals surface area (Å²) in [6, 6.07) is 5.75. The van der Waals surface area contributed by atoms with Crippen molar-refractivity contribution in [3.05, 3.63) is 42.4 Å². The minimum absolute atomic E-state index is 0.0326. The molecule has 0 fully saturated rings. The number of hydrogen-bond donors (Lipinski definition) is 1. The molecule has 2 rings (SSSR count). The molecule has 2 N–H and O–H groups in total. The van der Waals surface area contributed by atoms with E-state index in [-0.39, 0.29) is 4.90 Å². The molecule has 2 aromatic rings. The zero-order valence-corrected chi connectivity index (χ0v) is 10.4. The van der Waals surface area contributed by atoms with E-state index in [1.54, 1.807) is 13.1 Å². The van der Waals surface area contributed by atoms with Crippen LogP contribution in [0.4, 0.5) is 0 Å². The van der Waals surface area contributed by atoms with Crippen molar-refractivity contribution < 1.29 is 13.2 Å². The predicted molar refractivity (Wildman–Crippen MR) is 64.7 cm³/mol. The van der Waals surface area contributed by atoms with Crippen molar-refractivity contribution in [3.63, 3.8) is 0 Å². The van der Waals surface area contributed by atoms with Crippen LogP contribution in [0.15, 0.2) is 41.6 Å². The molecular weight excluding hydrogens is 254 g/mol. The molecule has 0 spiro atoms. The normalized spacial score (nSPS) is 11.2. The van der Waals surface area contributed by atoms with Gasteiger partial charge in [-0.1, -0.05) is 0 Å². The zero-order chi connectivity index (χ0) is 13.2. The van der Waals surface area contributed by atoms with Crippen molar-refractivity contribution in [1.82, 2.24) is 9.97 Å². The van der Waals surface area contributed by atoms with Gasteiger partial charge in [0, 0.05) is 6.20 Å². The Morgan fingerprint density at radius 2 is 1.83 bits per heavy atom. The van der Waals surface area contributed by atoms with E-state index in [4.69, 9.17) is 9.88 Å². The number of sulfonamides is 1. The first kappa shape index (κ1) is 12.5. The third kappa shape index (κ3) is 3.02. The van der Waals surface area contributed by atoms with Gasteiger partial charge in [-0.25, -0.2) is 18.5 Å². The highest BCUT2D eigenvalue weighted by Crippen LogP contribution is 2.20. The summed E-state index contributed by atoms with van der Waals surface area (Å²) < 4.78 is 27.5. The Kier molecular flexibility index (Phi) is 3.26. The lowest BCUT2D eigenvalue weighted by molar-refractivity contribution is 0.458. The summed E-state index contributed by atoms with van der Waals surface area (Å²) in [5.74, 6) is 0.806. The van der Waals surface area contributed by atoms with Gasteiger partial charge in [0.05, 0.1) is 16.8 Å². The molecule has 0 saturated heterocycles. The first-order valence-electron chi connectivity index (χ1n) is 5.04. The standard InChI is InChI=1S/C11H11N3O3S/c1-8-6-13-7-11(14-8)17-9-2-4-10(5-3-9)18(12,15)16/h2-7H,1H3,(H2,12,15,16). The molecular formula is C11H11N3O3S. The largest absolute Gasteiger partial charge is 0.437 e. The number of benzene rings is 1. The number of primary sulfonamides is 1. The highest BCUT2D eigenvalue weighted by Gasteiger charge is 2.07.